The maximum atomic E-state index is 13.4. The molecule has 1 N–H and O–H groups in total. The van der Waals surface area contributed by atoms with E-state index in [1.54, 1.807) is 11.1 Å². The highest BCUT2D eigenvalue weighted by Gasteiger charge is 2.41. The second-order valence-electron chi connectivity index (χ2n) is 8.08. The Bertz CT molecular complexity index is 1330. The molecule has 0 spiro atoms. The number of nitrogens with one attached hydrogen (secondary N) is 1. The number of pyridine rings is 1. The van der Waals surface area contributed by atoms with Crippen molar-refractivity contribution < 1.29 is 9.59 Å². The minimum Gasteiger partial charge on any atom is -0.326 e. The first-order valence-corrected chi connectivity index (χ1v) is 10.6. The van der Waals surface area contributed by atoms with E-state index in [-0.39, 0.29) is 18.2 Å². The summed E-state index contributed by atoms with van der Waals surface area (Å²) in [6.07, 6.45) is 1.73. The molecule has 1 aliphatic rings. The van der Waals surface area contributed by atoms with Crippen LogP contribution in [0, 0.1) is 13.8 Å². The van der Waals surface area contributed by atoms with Crippen molar-refractivity contribution in [3.8, 4) is 0 Å². The van der Waals surface area contributed by atoms with E-state index in [0.717, 1.165) is 33.5 Å². The number of aromatic nitrogens is 3. The summed E-state index contributed by atoms with van der Waals surface area (Å²) in [7, 11) is 0. The van der Waals surface area contributed by atoms with Gasteiger partial charge in [0, 0.05) is 11.9 Å². The molecular formula is C25H23N5O2. The summed E-state index contributed by atoms with van der Waals surface area (Å²) in [5.41, 5.74) is 5.38. The monoisotopic (exact) mass is 425 g/mol. The van der Waals surface area contributed by atoms with Crippen LogP contribution in [0.15, 0.2) is 66.9 Å². The van der Waals surface area contributed by atoms with Crippen molar-refractivity contribution in [2.75, 3.05) is 10.2 Å². The summed E-state index contributed by atoms with van der Waals surface area (Å²) in [5.74, 6) is 0.181. The molecule has 0 fully saturated rings. The van der Waals surface area contributed by atoms with E-state index in [0.29, 0.717) is 12.5 Å². The van der Waals surface area contributed by atoms with Gasteiger partial charge in [-0.2, -0.15) is 0 Å². The lowest BCUT2D eigenvalue weighted by Gasteiger charge is -2.16. The van der Waals surface area contributed by atoms with Gasteiger partial charge in [-0.3, -0.25) is 24.0 Å². The molecule has 2 aromatic carbocycles. The van der Waals surface area contributed by atoms with E-state index in [2.05, 4.69) is 10.3 Å². The summed E-state index contributed by atoms with van der Waals surface area (Å²) in [6.45, 7) is 4.34. The van der Waals surface area contributed by atoms with Crippen molar-refractivity contribution in [1.82, 2.24) is 14.5 Å². The lowest BCUT2D eigenvalue weighted by molar-refractivity contribution is -0.124. The van der Waals surface area contributed by atoms with E-state index in [9.17, 15) is 9.59 Å². The van der Waals surface area contributed by atoms with Crippen LogP contribution in [-0.2, 0) is 16.1 Å². The quantitative estimate of drug-likeness (QED) is 0.521. The number of rotatable bonds is 5. The number of anilines is 2. The van der Waals surface area contributed by atoms with Crippen molar-refractivity contribution in [3.05, 3.63) is 83.7 Å². The van der Waals surface area contributed by atoms with Gasteiger partial charge in [0.1, 0.15) is 6.04 Å². The predicted octanol–water partition coefficient (Wildman–Crippen LogP) is 4.16. The van der Waals surface area contributed by atoms with Gasteiger partial charge < -0.3 is 5.32 Å². The number of hydrogen-bond donors (Lipinski definition) is 1. The first-order valence-electron chi connectivity index (χ1n) is 10.6. The lowest BCUT2D eigenvalue weighted by Crippen LogP contribution is -2.31. The maximum Gasteiger partial charge on any atom is 0.253 e. The van der Waals surface area contributed by atoms with Gasteiger partial charge in [0.05, 0.1) is 29.7 Å². The molecule has 0 saturated carbocycles. The van der Waals surface area contributed by atoms with Gasteiger partial charge in [0.15, 0.2) is 0 Å². The molecular weight excluding hydrogens is 402 g/mol. The molecule has 7 heteroatoms. The van der Waals surface area contributed by atoms with Crippen LogP contribution in [0.5, 0.6) is 0 Å². The van der Waals surface area contributed by atoms with Crippen LogP contribution < -0.4 is 10.2 Å². The topological polar surface area (TPSA) is 80.1 Å². The zero-order valence-electron chi connectivity index (χ0n) is 17.9. The van der Waals surface area contributed by atoms with Crippen molar-refractivity contribution in [2.45, 2.75) is 32.9 Å². The van der Waals surface area contributed by atoms with Crippen LogP contribution in [0.25, 0.3) is 11.0 Å². The van der Waals surface area contributed by atoms with E-state index in [1.165, 1.54) is 0 Å². The Morgan fingerprint density at radius 2 is 1.84 bits per heavy atom. The molecule has 4 aromatic rings. The van der Waals surface area contributed by atoms with Gasteiger partial charge in [-0.1, -0.05) is 24.3 Å². The number of benzene rings is 2. The van der Waals surface area contributed by atoms with Crippen LogP contribution in [0.1, 0.15) is 29.3 Å². The van der Waals surface area contributed by atoms with Gasteiger partial charge in [0.2, 0.25) is 11.9 Å². The molecule has 7 nitrogen and oxygen atoms in total. The van der Waals surface area contributed by atoms with E-state index in [4.69, 9.17) is 4.98 Å². The molecule has 3 heterocycles. The molecule has 0 radical (unpaired) electrons. The number of hydrogen-bond acceptors (Lipinski definition) is 4. The second-order valence-corrected chi connectivity index (χ2v) is 8.08. The molecule has 1 atom stereocenters. The molecule has 2 amide bonds. The van der Waals surface area contributed by atoms with Crippen LogP contribution in [0.3, 0.4) is 0 Å². The SMILES string of the molecule is Cc1ccc(NC(=O)C[C@H]2C(=O)N(Cc3ccccn3)c3nc4ccccc4n32)cc1C. The Labute approximate surface area is 185 Å². The van der Waals surface area contributed by atoms with Crippen LogP contribution in [0.2, 0.25) is 0 Å². The van der Waals surface area contributed by atoms with Gasteiger partial charge in [-0.05, 0) is 61.4 Å². The number of carbonyl (C=O) groups is 2. The Hall–Kier alpha value is -4.00. The van der Waals surface area contributed by atoms with Crippen molar-refractivity contribution in [3.63, 3.8) is 0 Å². The molecule has 0 bridgehead atoms. The van der Waals surface area contributed by atoms with E-state index < -0.39 is 6.04 Å². The third-order valence-corrected chi connectivity index (χ3v) is 5.90. The number of para-hydroxylation sites is 2. The summed E-state index contributed by atoms with van der Waals surface area (Å²) < 4.78 is 1.88. The smallest absolute Gasteiger partial charge is 0.253 e. The largest absolute Gasteiger partial charge is 0.326 e. The first kappa shape index (κ1) is 19.9. The number of nitrogens with zero attached hydrogens (tertiary/aromatic N) is 4. The van der Waals surface area contributed by atoms with Crippen molar-refractivity contribution >= 4 is 34.5 Å². The Morgan fingerprint density at radius 1 is 1.03 bits per heavy atom. The fourth-order valence-electron chi connectivity index (χ4n) is 4.11. The van der Waals surface area contributed by atoms with E-state index >= 15 is 0 Å². The number of fused-ring (bicyclic) bond motifs is 3. The zero-order valence-corrected chi connectivity index (χ0v) is 17.9. The molecule has 32 heavy (non-hydrogen) atoms. The second kappa shape index (κ2) is 7.92. The molecule has 1 aliphatic heterocycles. The highest BCUT2D eigenvalue weighted by atomic mass is 16.2. The summed E-state index contributed by atoms with van der Waals surface area (Å²) in [4.78, 5) is 37.0. The molecule has 0 unspecified atom stereocenters. The predicted molar refractivity (Wildman–Crippen MR) is 123 cm³/mol. The number of aryl methyl sites for hydroxylation is 2. The maximum absolute atomic E-state index is 13.4. The van der Waals surface area contributed by atoms with Crippen LogP contribution in [0.4, 0.5) is 11.6 Å². The summed E-state index contributed by atoms with van der Waals surface area (Å²) in [5, 5.41) is 2.94. The zero-order chi connectivity index (χ0) is 22.2. The fourth-order valence-corrected chi connectivity index (χ4v) is 4.11. The first-order chi connectivity index (χ1) is 15.5. The Balaban J connectivity index is 1.46. The molecule has 5 rings (SSSR count). The fraction of sp³-hybridized carbons (Fsp3) is 0.200. The van der Waals surface area contributed by atoms with Crippen molar-refractivity contribution in [2.24, 2.45) is 0 Å². The standard InChI is InChI=1S/C25H23N5O2/c1-16-10-11-18(13-17(16)2)27-23(31)14-22-24(32)29(15-19-7-5-6-12-26-19)25-28-20-8-3-4-9-21(20)30(22)25/h3-13,22H,14-15H2,1-2H3,(H,27,31)/t22-/m0/s1. The number of imidazole rings is 1. The lowest BCUT2D eigenvalue weighted by atomic mass is 10.1. The van der Waals surface area contributed by atoms with Crippen LogP contribution in [-0.4, -0.2) is 26.3 Å². The Morgan fingerprint density at radius 3 is 2.62 bits per heavy atom. The third kappa shape index (κ3) is 3.51. The third-order valence-electron chi connectivity index (χ3n) is 5.90. The summed E-state index contributed by atoms with van der Waals surface area (Å²) >= 11 is 0. The number of amides is 2. The highest BCUT2D eigenvalue weighted by molar-refractivity contribution is 6.05. The molecule has 0 saturated heterocycles. The number of carbonyl (C=O) groups excluding carboxylic acids is 2. The van der Waals surface area contributed by atoms with Gasteiger partial charge in [0.25, 0.3) is 5.91 Å². The summed E-state index contributed by atoms with van der Waals surface area (Å²) in [6, 6.07) is 18.4. The normalized spacial score (nSPS) is 15.2. The Kier molecular flexibility index (Phi) is 4.93. The highest BCUT2D eigenvalue weighted by Crippen LogP contribution is 2.37. The van der Waals surface area contributed by atoms with Gasteiger partial charge >= 0.3 is 0 Å². The van der Waals surface area contributed by atoms with Gasteiger partial charge in [-0.25, -0.2) is 4.98 Å². The van der Waals surface area contributed by atoms with Gasteiger partial charge in [-0.15, -0.1) is 0 Å². The molecule has 160 valence electrons. The molecule has 2 aromatic heterocycles. The van der Waals surface area contributed by atoms with Crippen molar-refractivity contribution in [1.29, 1.82) is 0 Å². The average Bonchev–Trinajstić information content (AvgIpc) is 3.28. The van der Waals surface area contributed by atoms with Crippen LogP contribution >= 0.6 is 0 Å². The minimum atomic E-state index is -0.660. The molecule has 0 aliphatic carbocycles. The van der Waals surface area contributed by atoms with E-state index in [1.807, 2.05) is 79.1 Å². The minimum absolute atomic E-state index is 0.0256. The average molecular weight is 425 g/mol.